The lowest BCUT2D eigenvalue weighted by Crippen LogP contribution is -2.04. The number of rotatable bonds is 22. The molecule has 0 aliphatic carbocycles. The zero-order valence-corrected chi connectivity index (χ0v) is 40.3. The van der Waals surface area contributed by atoms with Crippen LogP contribution in [0, 0.1) is 6.92 Å². The van der Waals surface area contributed by atoms with E-state index in [9.17, 15) is 5.11 Å². The molecule has 2 heterocycles. The van der Waals surface area contributed by atoms with Crippen LogP contribution in [0.2, 0.25) is 0 Å². The fourth-order valence-electron chi connectivity index (χ4n) is 8.04. The van der Waals surface area contributed by atoms with E-state index in [1.54, 1.807) is 23.7 Å². The fraction of sp³-hybridized carbons (Fsp3) is 0.129. The molecule has 1 N–H and O–H groups in total. The van der Waals surface area contributed by atoms with Gasteiger partial charge in [-0.25, -0.2) is 4.98 Å². The maximum atomic E-state index is 10.5. The second kappa shape index (κ2) is 23.1. The van der Waals surface area contributed by atoms with E-state index < -0.39 is 0 Å². The summed E-state index contributed by atoms with van der Waals surface area (Å²) in [5.41, 5.74) is 9.44. The first-order valence-electron chi connectivity index (χ1n) is 24.0. The highest BCUT2D eigenvalue weighted by Gasteiger charge is 2.13. The van der Waals surface area contributed by atoms with E-state index in [4.69, 9.17) is 33.2 Å². The van der Waals surface area contributed by atoms with Crippen molar-refractivity contribution in [2.24, 2.45) is 0 Å². The number of imidazole rings is 1. The number of aromatic hydroxyl groups is 1. The van der Waals surface area contributed by atoms with Crippen LogP contribution >= 0.6 is 0 Å². The largest absolute Gasteiger partial charge is 0.493 e. The highest BCUT2D eigenvalue weighted by molar-refractivity contribution is 5.61. The summed E-state index contributed by atoms with van der Waals surface area (Å²) in [5, 5.41) is 10.5. The van der Waals surface area contributed by atoms with E-state index in [1.807, 2.05) is 200 Å². The quantitative estimate of drug-likeness (QED) is 0.0704. The van der Waals surface area contributed by atoms with E-state index >= 15 is 0 Å². The van der Waals surface area contributed by atoms with Gasteiger partial charge in [-0.2, -0.15) is 0 Å². The van der Waals surface area contributed by atoms with Crippen LogP contribution in [0.25, 0.3) is 16.9 Å². The second-order valence-corrected chi connectivity index (χ2v) is 17.4. The summed E-state index contributed by atoms with van der Waals surface area (Å²) in [7, 11) is 0. The number of aromatic nitrogens is 3. The van der Waals surface area contributed by atoms with Crippen molar-refractivity contribution in [1.82, 2.24) is 14.4 Å². The van der Waals surface area contributed by atoms with Gasteiger partial charge in [-0.15, -0.1) is 0 Å². The summed E-state index contributed by atoms with van der Waals surface area (Å²) in [6.45, 7) is 4.02. The lowest BCUT2D eigenvalue weighted by Gasteiger charge is -2.16. The van der Waals surface area contributed by atoms with Crippen LogP contribution in [0.3, 0.4) is 0 Å². The minimum Gasteiger partial charge on any atom is -0.493 e. The maximum absolute atomic E-state index is 10.5. The lowest BCUT2D eigenvalue weighted by molar-refractivity contribution is 0.273. The molecule has 0 atom stereocenters. The average Bonchev–Trinajstić information content (AvgIpc) is 3.73. The molecule has 364 valence electrons. The number of nitrogens with zero attached hydrogens (tertiary/aromatic N) is 3. The third-order valence-electron chi connectivity index (χ3n) is 11.8. The molecule has 0 saturated heterocycles. The van der Waals surface area contributed by atoms with Crippen LogP contribution in [0.5, 0.6) is 46.1 Å². The molecule has 0 bridgehead atoms. The Morgan fingerprint density at radius 2 is 0.685 bits per heavy atom. The number of fused-ring (bicyclic) bond motifs is 1. The van der Waals surface area contributed by atoms with Crippen molar-refractivity contribution in [3.63, 3.8) is 0 Å². The minimum atomic E-state index is 0.0890. The summed E-state index contributed by atoms with van der Waals surface area (Å²) >= 11 is 0. The predicted octanol–water partition coefficient (Wildman–Crippen LogP) is 13.5. The smallest absolute Gasteiger partial charge is 0.219 e. The van der Waals surface area contributed by atoms with Crippen LogP contribution < -0.4 is 33.2 Å². The van der Waals surface area contributed by atoms with Gasteiger partial charge in [-0.3, -0.25) is 9.38 Å². The van der Waals surface area contributed by atoms with Gasteiger partial charge < -0.3 is 38.3 Å². The summed E-state index contributed by atoms with van der Waals surface area (Å²) in [6.07, 6.45) is 3.42. The van der Waals surface area contributed by atoms with Gasteiger partial charge >= 0.3 is 0 Å². The highest BCUT2D eigenvalue weighted by Crippen LogP contribution is 2.32. The number of hydrogen-bond acceptors (Lipinski definition) is 10. The topological polar surface area (TPSA) is 115 Å². The van der Waals surface area contributed by atoms with Crippen molar-refractivity contribution in [2.45, 2.75) is 53.2 Å². The Kier molecular flexibility index (Phi) is 15.0. The van der Waals surface area contributed by atoms with Crippen molar-refractivity contribution in [3.8, 4) is 57.4 Å². The molecule has 11 heteroatoms. The molecule has 0 saturated carbocycles. The van der Waals surface area contributed by atoms with Crippen molar-refractivity contribution < 1.29 is 38.3 Å². The molecule has 0 fully saturated rings. The Labute approximate surface area is 424 Å². The summed E-state index contributed by atoms with van der Waals surface area (Å²) < 4.78 is 46.4. The summed E-state index contributed by atoms with van der Waals surface area (Å²) in [6, 6.07) is 65.4. The van der Waals surface area contributed by atoms with Crippen LogP contribution in [0.4, 0.5) is 0 Å². The number of ether oxygens (including phenoxy) is 7. The first-order valence-corrected chi connectivity index (χ1v) is 24.0. The summed E-state index contributed by atoms with van der Waals surface area (Å²) in [5.74, 6) is 4.58. The molecule has 0 spiro atoms. The van der Waals surface area contributed by atoms with Crippen LogP contribution in [0.15, 0.2) is 213 Å². The van der Waals surface area contributed by atoms with E-state index in [-0.39, 0.29) is 25.7 Å². The third kappa shape index (κ3) is 13.2. The Morgan fingerprint density at radius 1 is 0.370 bits per heavy atom. The van der Waals surface area contributed by atoms with Gasteiger partial charge in [0, 0.05) is 30.0 Å². The number of hydrogen-bond donors (Lipinski definition) is 1. The van der Waals surface area contributed by atoms with Crippen molar-refractivity contribution in [1.29, 1.82) is 0 Å². The molecule has 0 unspecified atom stereocenters. The standard InChI is InChI=1S/C62H53N3O8/c1-44-62(66)65-36-60(63-35-61(65)64-44)52-22-24-53(25-23-52)67-41-49-26-58(72-42-50-28-54(68-37-45-14-6-2-7-15-45)32-55(29-50)69-38-46-16-8-3-9-17-46)34-59(27-49)73-43-51-30-56(70-39-47-18-10-4-11-19-47)33-57(31-51)71-40-48-20-12-5-13-21-48/h2-36,66H,37-43H2,1H3. The number of aryl methyl sites for hydroxylation is 1. The minimum absolute atomic E-state index is 0.0890. The van der Waals surface area contributed by atoms with Crippen LogP contribution in [-0.4, -0.2) is 19.5 Å². The third-order valence-corrected chi connectivity index (χ3v) is 11.8. The van der Waals surface area contributed by atoms with Crippen molar-refractivity contribution in [2.75, 3.05) is 0 Å². The van der Waals surface area contributed by atoms with Gasteiger partial charge in [0.05, 0.1) is 11.9 Å². The Bertz CT molecular complexity index is 3090. The van der Waals surface area contributed by atoms with E-state index in [0.717, 1.165) is 44.5 Å². The molecule has 0 aliphatic rings. The Balaban J connectivity index is 0.893. The highest BCUT2D eigenvalue weighted by atomic mass is 16.5. The molecule has 10 aromatic rings. The SMILES string of the molecule is Cc1nc2cnc(-c3ccc(OCc4cc(OCc5cc(OCc6ccccc6)cc(OCc6ccccc6)c5)cc(OCc5cc(OCc6ccccc6)cc(OCc6ccccc6)c5)c4)cc3)cn2c1O. The van der Waals surface area contributed by atoms with Gasteiger partial charge in [0.25, 0.3) is 0 Å². The van der Waals surface area contributed by atoms with Gasteiger partial charge in [0.1, 0.15) is 92.2 Å². The molecule has 0 aliphatic heterocycles. The molecule has 0 radical (unpaired) electrons. The maximum Gasteiger partial charge on any atom is 0.219 e. The molecule has 2 aromatic heterocycles. The monoisotopic (exact) mass is 967 g/mol. The Hall–Kier alpha value is -9.22. The molecular formula is C62H53N3O8. The van der Waals surface area contributed by atoms with Gasteiger partial charge in [-0.1, -0.05) is 121 Å². The molecule has 73 heavy (non-hydrogen) atoms. The van der Waals surface area contributed by atoms with E-state index in [2.05, 4.69) is 9.97 Å². The predicted molar refractivity (Wildman–Crippen MR) is 280 cm³/mol. The Morgan fingerprint density at radius 3 is 1.03 bits per heavy atom. The molecule has 0 amide bonds. The summed E-state index contributed by atoms with van der Waals surface area (Å²) in [4.78, 5) is 8.92. The van der Waals surface area contributed by atoms with Gasteiger partial charge in [0.15, 0.2) is 5.65 Å². The second-order valence-electron chi connectivity index (χ2n) is 17.4. The number of benzene rings is 8. The van der Waals surface area contributed by atoms with Crippen molar-refractivity contribution >= 4 is 5.65 Å². The van der Waals surface area contributed by atoms with Crippen molar-refractivity contribution in [3.05, 3.63) is 257 Å². The van der Waals surface area contributed by atoms with E-state index in [0.29, 0.717) is 83.7 Å². The molecule has 11 nitrogen and oxygen atoms in total. The molecule has 8 aromatic carbocycles. The zero-order valence-electron chi connectivity index (χ0n) is 40.3. The van der Waals surface area contributed by atoms with Gasteiger partial charge in [0.2, 0.25) is 5.88 Å². The first-order chi connectivity index (χ1) is 35.9. The molecule has 10 rings (SSSR count). The molecular weight excluding hydrogens is 915 g/mol. The normalized spacial score (nSPS) is 11.0. The van der Waals surface area contributed by atoms with Gasteiger partial charge in [-0.05, 0) is 107 Å². The fourth-order valence-corrected chi connectivity index (χ4v) is 8.04. The zero-order chi connectivity index (χ0) is 49.6. The van der Waals surface area contributed by atoms with Crippen LogP contribution in [-0.2, 0) is 46.2 Å². The van der Waals surface area contributed by atoms with Crippen LogP contribution in [0.1, 0.15) is 44.6 Å². The lowest BCUT2D eigenvalue weighted by atomic mass is 10.1. The first kappa shape index (κ1) is 47.5. The van der Waals surface area contributed by atoms with E-state index in [1.165, 1.54) is 0 Å². The average molecular weight is 968 g/mol.